The molecule has 0 radical (unpaired) electrons. The molecule has 2 atom stereocenters. The first-order chi connectivity index (χ1) is 11.2. The number of aliphatic carboxylic acids is 1. The Kier molecular flexibility index (Phi) is 3.34. The maximum atomic E-state index is 11.8. The molecule has 2 aromatic carbocycles. The van der Waals surface area contributed by atoms with Crippen LogP contribution >= 0.6 is 0 Å². The standard InChI is InChI=1S/C20H17NO2/c22-20(23)17-10-9-13-5-1-3-7-16(13)19(17)15-11-14-6-2-4-8-18(14)21-12-15/h1-8,11-12,17,19H,9-10H2,(H,22,23). The number of pyridine rings is 1. The zero-order valence-electron chi connectivity index (χ0n) is 12.6. The molecule has 3 nitrogen and oxygen atoms in total. The molecule has 0 fully saturated rings. The predicted molar refractivity (Wildman–Crippen MR) is 89.5 cm³/mol. The third-order valence-electron chi connectivity index (χ3n) is 4.81. The van der Waals surface area contributed by atoms with E-state index in [2.05, 4.69) is 23.2 Å². The van der Waals surface area contributed by atoms with E-state index >= 15 is 0 Å². The van der Waals surface area contributed by atoms with Gasteiger partial charge >= 0.3 is 5.97 Å². The number of nitrogens with zero attached hydrogens (tertiary/aromatic N) is 1. The van der Waals surface area contributed by atoms with Crippen molar-refractivity contribution >= 4 is 16.9 Å². The zero-order valence-corrected chi connectivity index (χ0v) is 12.6. The van der Waals surface area contributed by atoms with Crippen LogP contribution in [-0.4, -0.2) is 16.1 Å². The van der Waals surface area contributed by atoms with Crippen LogP contribution in [0.5, 0.6) is 0 Å². The minimum Gasteiger partial charge on any atom is -0.481 e. The minimum absolute atomic E-state index is 0.130. The average Bonchev–Trinajstić information content (AvgIpc) is 2.60. The van der Waals surface area contributed by atoms with E-state index in [1.54, 1.807) is 0 Å². The van der Waals surface area contributed by atoms with Crippen LogP contribution < -0.4 is 0 Å². The number of carbonyl (C=O) groups is 1. The van der Waals surface area contributed by atoms with Gasteiger partial charge in [-0.1, -0.05) is 42.5 Å². The maximum Gasteiger partial charge on any atom is 0.307 e. The topological polar surface area (TPSA) is 50.2 Å². The summed E-state index contributed by atoms with van der Waals surface area (Å²) in [6, 6.07) is 18.2. The smallest absolute Gasteiger partial charge is 0.307 e. The van der Waals surface area contributed by atoms with Gasteiger partial charge in [0.15, 0.2) is 0 Å². The van der Waals surface area contributed by atoms with Crippen molar-refractivity contribution in [1.29, 1.82) is 0 Å². The van der Waals surface area contributed by atoms with Crippen LogP contribution in [0.3, 0.4) is 0 Å². The lowest BCUT2D eigenvalue weighted by Gasteiger charge is -2.31. The van der Waals surface area contributed by atoms with E-state index in [4.69, 9.17) is 0 Å². The van der Waals surface area contributed by atoms with Gasteiger partial charge in [0.2, 0.25) is 0 Å². The number of aromatic nitrogens is 1. The highest BCUT2D eigenvalue weighted by Crippen LogP contribution is 2.41. The molecule has 0 saturated carbocycles. The fourth-order valence-electron chi connectivity index (χ4n) is 3.70. The van der Waals surface area contributed by atoms with E-state index in [-0.39, 0.29) is 5.92 Å². The SMILES string of the molecule is O=C(O)C1CCc2ccccc2C1c1cnc2ccccc2c1. The van der Waals surface area contributed by atoms with Gasteiger partial charge in [-0.15, -0.1) is 0 Å². The first-order valence-corrected chi connectivity index (χ1v) is 7.89. The Labute approximate surface area is 134 Å². The minimum atomic E-state index is -0.724. The van der Waals surface area contributed by atoms with Crippen molar-refractivity contribution in [3.05, 3.63) is 77.5 Å². The lowest BCUT2D eigenvalue weighted by Crippen LogP contribution is -2.28. The van der Waals surface area contributed by atoms with Gasteiger partial charge in [0, 0.05) is 17.5 Å². The van der Waals surface area contributed by atoms with Crippen LogP contribution in [0.1, 0.15) is 29.0 Å². The largest absolute Gasteiger partial charge is 0.481 e. The monoisotopic (exact) mass is 303 g/mol. The summed E-state index contributed by atoms with van der Waals surface area (Å²) in [4.78, 5) is 16.3. The molecule has 1 aliphatic carbocycles. The Hall–Kier alpha value is -2.68. The van der Waals surface area contributed by atoms with Crippen LogP contribution in [-0.2, 0) is 11.2 Å². The molecule has 0 aliphatic heterocycles. The average molecular weight is 303 g/mol. The number of fused-ring (bicyclic) bond motifs is 2. The molecule has 4 rings (SSSR count). The van der Waals surface area contributed by atoms with Crippen LogP contribution in [0.25, 0.3) is 10.9 Å². The van der Waals surface area contributed by atoms with E-state index in [0.717, 1.165) is 28.5 Å². The molecule has 1 aliphatic rings. The molecule has 1 N–H and O–H groups in total. The van der Waals surface area contributed by atoms with Gasteiger partial charge < -0.3 is 5.11 Å². The molecule has 0 saturated heterocycles. The number of para-hydroxylation sites is 1. The lowest BCUT2D eigenvalue weighted by atomic mass is 9.72. The Morgan fingerprint density at radius 2 is 1.87 bits per heavy atom. The quantitative estimate of drug-likeness (QED) is 0.778. The van der Waals surface area contributed by atoms with Gasteiger partial charge in [0.25, 0.3) is 0 Å². The summed E-state index contributed by atoms with van der Waals surface area (Å²) in [5.74, 6) is -1.25. The second kappa shape index (κ2) is 5.51. The van der Waals surface area contributed by atoms with Crippen molar-refractivity contribution in [2.24, 2.45) is 5.92 Å². The predicted octanol–water partition coefficient (Wildman–Crippen LogP) is 4.01. The Morgan fingerprint density at radius 1 is 1.09 bits per heavy atom. The molecular formula is C20H17NO2. The van der Waals surface area contributed by atoms with Gasteiger partial charge in [-0.2, -0.15) is 0 Å². The van der Waals surface area contributed by atoms with Crippen LogP contribution in [0.2, 0.25) is 0 Å². The molecule has 23 heavy (non-hydrogen) atoms. The third-order valence-corrected chi connectivity index (χ3v) is 4.81. The van der Waals surface area contributed by atoms with E-state index in [9.17, 15) is 9.90 Å². The van der Waals surface area contributed by atoms with Gasteiger partial charge in [-0.05, 0) is 41.7 Å². The fraction of sp³-hybridized carbons (Fsp3) is 0.200. The summed E-state index contributed by atoms with van der Waals surface area (Å²) >= 11 is 0. The molecule has 3 heteroatoms. The van der Waals surface area contributed by atoms with Crippen molar-refractivity contribution in [2.75, 3.05) is 0 Å². The van der Waals surface area contributed by atoms with Crippen molar-refractivity contribution in [3.63, 3.8) is 0 Å². The van der Waals surface area contributed by atoms with E-state index in [1.165, 1.54) is 5.56 Å². The molecule has 1 heterocycles. The summed E-state index contributed by atoms with van der Waals surface area (Å²) in [5.41, 5.74) is 4.31. The zero-order chi connectivity index (χ0) is 15.8. The van der Waals surface area contributed by atoms with E-state index in [0.29, 0.717) is 6.42 Å². The van der Waals surface area contributed by atoms with Crippen molar-refractivity contribution in [2.45, 2.75) is 18.8 Å². The number of carboxylic acids is 1. The van der Waals surface area contributed by atoms with Crippen LogP contribution in [0, 0.1) is 5.92 Å². The number of hydrogen-bond donors (Lipinski definition) is 1. The number of rotatable bonds is 2. The molecule has 1 aromatic heterocycles. The summed E-state index contributed by atoms with van der Waals surface area (Å²) < 4.78 is 0. The van der Waals surface area contributed by atoms with Crippen LogP contribution in [0.15, 0.2) is 60.8 Å². The lowest BCUT2D eigenvalue weighted by molar-refractivity contribution is -0.142. The maximum absolute atomic E-state index is 11.8. The molecule has 114 valence electrons. The van der Waals surface area contributed by atoms with Crippen molar-refractivity contribution in [1.82, 2.24) is 4.98 Å². The highest BCUT2D eigenvalue weighted by Gasteiger charge is 2.35. The summed E-state index contributed by atoms with van der Waals surface area (Å²) in [5, 5.41) is 10.7. The first kappa shape index (κ1) is 13.9. The molecule has 0 spiro atoms. The number of carboxylic acid groups (broad SMARTS) is 1. The van der Waals surface area contributed by atoms with Gasteiger partial charge in [0.1, 0.15) is 0 Å². The second-order valence-electron chi connectivity index (χ2n) is 6.12. The second-order valence-corrected chi connectivity index (χ2v) is 6.12. The van der Waals surface area contributed by atoms with Gasteiger partial charge in [-0.3, -0.25) is 9.78 Å². The van der Waals surface area contributed by atoms with Gasteiger partial charge in [0.05, 0.1) is 11.4 Å². The summed E-state index contributed by atoms with van der Waals surface area (Å²) in [6.07, 6.45) is 3.33. The van der Waals surface area contributed by atoms with E-state index < -0.39 is 11.9 Å². The number of benzene rings is 2. The number of hydrogen-bond acceptors (Lipinski definition) is 2. The number of aryl methyl sites for hydroxylation is 1. The van der Waals surface area contributed by atoms with Gasteiger partial charge in [-0.25, -0.2) is 0 Å². The van der Waals surface area contributed by atoms with Crippen LogP contribution in [0.4, 0.5) is 0 Å². The third kappa shape index (κ3) is 2.38. The first-order valence-electron chi connectivity index (χ1n) is 7.89. The Morgan fingerprint density at radius 3 is 2.74 bits per heavy atom. The highest BCUT2D eigenvalue weighted by atomic mass is 16.4. The Balaban J connectivity index is 1.89. The van der Waals surface area contributed by atoms with Crippen molar-refractivity contribution < 1.29 is 9.90 Å². The summed E-state index contributed by atoms with van der Waals surface area (Å²) in [6.45, 7) is 0. The fourth-order valence-corrected chi connectivity index (χ4v) is 3.70. The molecular weight excluding hydrogens is 286 g/mol. The molecule has 2 unspecified atom stereocenters. The van der Waals surface area contributed by atoms with Crippen molar-refractivity contribution in [3.8, 4) is 0 Å². The molecule has 3 aromatic rings. The Bertz CT molecular complexity index is 887. The highest BCUT2D eigenvalue weighted by molar-refractivity contribution is 5.80. The van der Waals surface area contributed by atoms with E-state index in [1.807, 2.05) is 42.6 Å². The molecule has 0 amide bonds. The summed E-state index contributed by atoms with van der Waals surface area (Å²) in [7, 11) is 0. The normalized spacial score (nSPS) is 20.2. The molecule has 0 bridgehead atoms.